The van der Waals surface area contributed by atoms with Crippen LogP contribution in [0.2, 0.25) is 0 Å². The van der Waals surface area contributed by atoms with E-state index in [1.807, 2.05) is 24.0 Å². The van der Waals surface area contributed by atoms with E-state index >= 15 is 0 Å². The molecule has 110 valence electrons. The summed E-state index contributed by atoms with van der Waals surface area (Å²) in [5, 5.41) is 2.32. The van der Waals surface area contributed by atoms with Gasteiger partial charge in [-0.3, -0.25) is 4.98 Å². The number of nitrogens with zero attached hydrogens (tertiary/aromatic N) is 3. The van der Waals surface area contributed by atoms with E-state index in [1.165, 1.54) is 10.9 Å². The maximum absolute atomic E-state index is 4.82. The van der Waals surface area contributed by atoms with Gasteiger partial charge < -0.3 is 4.57 Å². The zero-order chi connectivity index (χ0) is 14.8. The molecule has 0 fully saturated rings. The van der Waals surface area contributed by atoms with Gasteiger partial charge in [0, 0.05) is 17.7 Å². The lowest BCUT2D eigenvalue weighted by Gasteiger charge is -2.12. The number of aromatic nitrogens is 3. The van der Waals surface area contributed by atoms with Crippen LogP contribution in [0.25, 0.3) is 21.9 Å². The Bertz CT molecular complexity index is 761. The molecule has 1 aromatic carbocycles. The Morgan fingerprint density at radius 1 is 1.19 bits per heavy atom. The van der Waals surface area contributed by atoms with Crippen LogP contribution in [-0.2, 0) is 6.54 Å². The van der Waals surface area contributed by atoms with Crippen molar-refractivity contribution < 1.29 is 0 Å². The third-order valence-corrected chi connectivity index (χ3v) is 4.61. The lowest BCUT2D eigenvalue weighted by atomic mass is 10.2. The Hall–Kier alpha value is -1.55. The number of hydrogen-bond donors (Lipinski definition) is 0. The molecule has 3 nitrogen and oxygen atoms in total. The van der Waals surface area contributed by atoms with Crippen molar-refractivity contribution in [3.05, 3.63) is 30.5 Å². The number of para-hydroxylation sites is 1. The van der Waals surface area contributed by atoms with Crippen LogP contribution in [0.3, 0.4) is 0 Å². The third-order valence-electron chi connectivity index (χ3n) is 3.43. The third kappa shape index (κ3) is 2.77. The summed E-state index contributed by atoms with van der Waals surface area (Å²) < 4.78 is 2.38. The Labute approximate surface area is 129 Å². The molecule has 2 aromatic heterocycles. The van der Waals surface area contributed by atoms with Gasteiger partial charge in [0.25, 0.3) is 0 Å². The first kappa shape index (κ1) is 14.4. The summed E-state index contributed by atoms with van der Waals surface area (Å²) in [5.74, 6) is 1.70. The van der Waals surface area contributed by atoms with Crippen LogP contribution in [0.4, 0.5) is 0 Å². The van der Waals surface area contributed by atoms with Gasteiger partial charge in [0.15, 0.2) is 5.16 Å². The van der Waals surface area contributed by atoms with Gasteiger partial charge in [-0.25, -0.2) is 4.98 Å². The fraction of sp³-hybridized carbons (Fsp3) is 0.412. The summed E-state index contributed by atoms with van der Waals surface area (Å²) in [7, 11) is 0. The van der Waals surface area contributed by atoms with Crippen molar-refractivity contribution in [2.24, 2.45) is 5.92 Å². The molecular weight excluding hydrogens is 278 g/mol. The molecule has 0 radical (unpaired) electrons. The molecule has 0 unspecified atom stereocenters. The minimum atomic E-state index is 0.593. The molecule has 4 heteroatoms. The van der Waals surface area contributed by atoms with Crippen molar-refractivity contribution in [3.8, 4) is 0 Å². The highest BCUT2D eigenvalue weighted by atomic mass is 32.2. The molecule has 3 aromatic rings. The highest BCUT2D eigenvalue weighted by Crippen LogP contribution is 2.30. The average molecular weight is 299 g/mol. The van der Waals surface area contributed by atoms with Crippen molar-refractivity contribution >= 4 is 33.7 Å². The molecule has 0 aliphatic carbocycles. The quantitative estimate of drug-likeness (QED) is 0.637. The second kappa shape index (κ2) is 6.06. The number of hydrogen-bond acceptors (Lipinski definition) is 3. The largest absolute Gasteiger partial charge is 0.318 e. The van der Waals surface area contributed by atoms with E-state index in [0.29, 0.717) is 5.92 Å². The molecule has 0 saturated heterocycles. The van der Waals surface area contributed by atoms with Crippen molar-refractivity contribution in [1.82, 2.24) is 14.5 Å². The van der Waals surface area contributed by atoms with Crippen LogP contribution in [0.1, 0.15) is 27.2 Å². The molecule has 0 atom stereocenters. The molecule has 0 aliphatic rings. The van der Waals surface area contributed by atoms with Crippen LogP contribution in [0.5, 0.6) is 0 Å². The van der Waals surface area contributed by atoms with E-state index in [-0.39, 0.29) is 0 Å². The van der Waals surface area contributed by atoms with Gasteiger partial charge in [0.05, 0.1) is 17.2 Å². The number of fused-ring (bicyclic) bond motifs is 3. The highest BCUT2D eigenvalue weighted by Gasteiger charge is 2.15. The topological polar surface area (TPSA) is 30.7 Å². The maximum atomic E-state index is 4.82. The summed E-state index contributed by atoms with van der Waals surface area (Å²) in [6.45, 7) is 7.71. The molecule has 3 rings (SSSR count). The Morgan fingerprint density at radius 3 is 2.76 bits per heavy atom. The fourth-order valence-electron chi connectivity index (χ4n) is 2.58. The van der Waals surface area contributed by atoms with Gasteiger partial charge in [-0.15, -0.1) is 0 Å². The van der Waals surface area contributed by atoms with Gasteiger partial charge in [-0.05, 0) is 18.4 Å². The highest BCUT2D eigenvalue weighted by molar-refractivity contribution is 7.99. The lowest BCUT2D eigenvalue weighted by molar-refractivity contribution is 0.505. The first-order valence-corrected chi connectivity index (χ1v) is 8.56. The Kier molecular flexibility index (Phi) is 4.15. The minimum absolute atomic E-state index is 0.593. The fourth-order valence-corrected chi connectivity index (χ4v) is 3.45. The van der Waals surface area contributed by atoms with Gasteiger partial charge in [-0.1, -0.05) is 50.7 Å². The molecule has 0 amide bonds. The maximum Gasteiger partial charge on any atom is 0.169 e. The summed E-state index contributed by atoms with van der Waals surface area (Å²) >= 11 is 1.85. The molecule has 0 saturated carbocycles. The smallest absolute Gasteiger partial charge is 0.169 e. The minimum Gasteiger partial charge on any atom is -0.318 e. The Morgan fingerprint density at radius 2 is 2.00 bits per heavy atom. The number of thioether (sulfide) groups is 1. The molecule has 0 spiro atoms. The zero-order valence-electron chi connectivity index (χ0n) is 12.8. The molecule has 2 heterocycles. The number of benzene rings is 1. The van der Waals surface area contributed by atoms with Gasteiger partial charge in [-0.2, -0.15) is 0 Å². The van der Waals surface area contributed by atoms with Crippen LogP contribution < -0.4 is 0 Å². The Balaban J connectivity index is 2.25. The number of imidazole rings is 1. The summed E-state index contributed by atoms with van der Waals surface area (Å²) in [5.41, 5.74) is 3.28. The van der Waals surface area contributed by atoms with Crippen molar-refractivity contribution in [1.29, 1.82) is 0 Å². The van der Waals surface area contributed by atoms with Gasteiger partial charge in [0.2, 0.25) is 0 Å². The molecule has 0 aliphatic heterocycles. The first-order chi connectivity index (χ1) is 10.2. The monoisotopic (exact) mass is 299 g/mol. The van der Waals surface area contributed by atoms with E-state index in [4.69, 9.17) is 4.98 Å². The van der Waals surface area contributed by atoms with Crippen LogP contribution >= 0.6 is 11.8 Å². The standard InChI is InChI=1S/C17H21N3S/c1-4-9-21-17-19-15-10-18-14-8-6-5-7-13(14)16(15)20(17)11-12(2)3/h5-8,10,12H,4,9,11H2,1-3H3. The lowest BCUT2D eigenvalue weighted by Crippen LogP contribution is -2.06. The first-order valence-electron chi connectivity index (χ1n) is 7.57. The van der Waals surface area contributed by atoms with E-state index in [2.05, 4.69) is 48.5 Å². The van der Waals surface area contributed by atoms with Crippen LogP contribution in [0, 0.1) is 5.92 Å². The molecule has 21 heavy (non-hydrogen) atoms. The predicted molar refractivity (Wildman–Crippen MR) is 90.9 cm³/mol. The normalized spacial score (nSPS) is 11.8. The predicted octanol–water partition coefficient (Wildman–Crippen LogP) is 4.74. The van der Waals surface area contributed by atoms with Crippen molar-refractivity contribution in [3.63, 3.8) is 0 Å². The van der Waals surface area contributed by atoms with Crippen LogP contribution in [0.15, 0.2) is 35.6 Å². The summed E-state index contributed by atoms with van der Waals surface area (Å²) in [6, 6.07) is 8.34. The summed E-state index contributed by atoms with van der Waals surface area (Å²) in [6.07, 6.45) is 3.07. The SMILES string of the molecule is CCCSc1nc2cnc3ccccc3c2n1CC(C)C. The molecular formula is C17H21N3S. The zero-order valence-corrected chi connectivity index (χ0v) is 13.7. The molecule has 0 bridgehead atoms. The average Bonchev–Trinajstić information content (AvgIpc) is 2.82. The van der Waals surface area contributed by atoms with E-state index < -0.39 is 0 Å². The van der Waals surface area contributed by atoms with E-state index in [0.717, 1.165) is 34.9 Å². The second-order valence-electron chi connectivity index (χ2n) is 5.76. The van der Waals surface area contributed by atoms with Gasteiger partial charge in [0.1, 0.15) is 5.52 Å². The van der Waals surface area contributed by atoms with Crippen molar-refractivity contribution in [2.45, 2.75) is 38.9 Å². The van der Waals surface area contributed by atoms with E-state index in [1.54, 1.807) is 0 Å². The van der Waals surface area contributed by atoms with Gasteiger partial charge >= 0.3 is 0 Å². The number of pyridine rings is 1. The van der Waals surface area contributed by atoms with E-state index in [9.17, 15) is 0 Å². The molecule has 0 N–H and O–H groups in total. The number of rotatable bonds is 5. The second-order valence-corrected chi connectivity index (χ2v) is 6.82. The van der Waals surface area contributed by atoms with Crippen LogP contribution in [-0.4, -0.2) is 20.3 Å². The van der Waals surface area contributed by atoms with Crippen molar-refractivity contribution in [2.75, 3.05) is 5.75 Å². The summed E-state index contributed by atoms with van der Waals surface area (Å²) in [4.78, 5) is 9.35.